The minimum Gasteiger partial charge on any atom is -0.496 e. The SMILES string of the molecule is CCn1nccc1C(=O)NC(CCCC(Cl)Cl)C(=O)Nc1cc(OC)c(-c2c(C)nn(COCC[Si](C)(C)C)c2C)cn1. The lowest BCUT2D eigenvalue weighted by atomic mass is 10.0. The van der Waals surface area contributed by atoms with Crippen LogP contribution in [-0.2, 0) is 22.8 Å². The van der Waals surface area contributed by atoms with Gasteiger partial charge in [-0.3, -0.25) is 14.3 Å². The molecule has 0 aliphatic heterocycles. The summed E-state index contributed by atoms with van der Waals surface area (Å²) in [6.45, 7) is 14.3. The molecule has 3 aromatic rings. The second-order valence-corrected chi connectivity index (χ2v) is 18.4. The quantitative estimate of drug-likeness (QED) is 0.114. The van der Waals surface area contributed by atoms with Gasteiger partial charge < -0.3 is 20.1 Å². The molecular formula is C29H43Cl2N7O4Si. The van der Waals surface area contributed by atoms with Gasteiger partial charge in [-0.2, -0.15) is 10.2 Å². The zero-order valence-corrected chi connectivity index (χ0v) is 28.6. The summed E-state index contributed by atoms with van der Waals surface area (Å²) in [5, 5.41) is 14.5. The van der Waals surface area contributed by atoms with Crippen LogP contribution in [0.15, 0.2) is 24.5 Å². The summed E-state index contributed by atoms with van der Waals surface area (Å²) in [6.07, 6.45) is 4.54. The molecule has 2 amide bonds. The molecule has 236 valence electrons. The zero-order valence-electron chi connectivity index (χ0n) is 26.0. The van der Waals surface area contributed by atoms with Crippen LogP contribution in [0.5, 0.6) is 5.75 Å². The van der Waals surface area contributed by atoms with E-state index in [1.165, 1.54) is 0 Å². The van der Waals surface area contributed by atoms with E-state index in [4.69, 9.17) is 32.7 Å². The number of anilines is 1. The van der Waals surface area contributed by atoms with Crippen molar-refractivity contribution in [2.24, 2.45) is 0 Å². The minimum atomic E-state index is -1.18. The molecule has 1 atom stereocenters. The second-order valence-electron chi connectivity index (χ2n) is 11.5. The van der Waals surface area contributed by atoms with Crippen LogP contribution in [0.1, 0.15) is 48.1 Å². The molecule has 0 bridgehead atoms. The molecule has 11 nitrogen and oxygen atoms in total. The van der Waals surface area contributed by atoms with Crippen molar-refractivity contribution < 1.29 is 19.1 Å². The van der Waals surface area contributed by atoms with Crippen LogP contribution in [0.3, 0.4) is 0 Å². The average Bonchev–Trinajstić information content (AvgIpc) is 3.53. The zero-order chi connectivity index (χ0) is 31.7. The number of amides is 2. The van der Waals surface area contributed by atoms with Gasteiger partial charge in [0.15, 0.2) is 0 Å². The normalized spacial score (nSPS) is 12.4. The van der Waals surface area contributed by atoms with Crippen LogP contribution in [-0.4, -0.2) is 69.0 Å². The predicted molar refractivity (Wildman–Crippen MR) is 173 cm³/mol. The summed E-state index contributed by atoms with van der Waals surface area (Å²) in [7, 11) is 0.378. The molecule has 14 heteroatoms. The Morgan fingerprint density at radius 2 is 1.88 bits per heavy atom. The summed E-state index contributed by atoms with van der Waals surface area (Å²) in [5.41, 5.74) is 3.74. The van der Waals surface area contributed by atoms with E-state index >= 15 is 0 Å². The molecular weight excluding hydrogens is 609 g/mol. The molecule has 3 rings (SSSR count). The van der Waals surface area contributed by atoms with Crippen molar-refractivity contribution in [3.05, 3.63) is 41.6 Å². The van der Waals surface area contributed by atoms with Gasteiger partial charge in [0.05, 0.1) is 12.8 Å². The van der Waals surface area contributed by atoms with E-state index in [0.29, 0.717) is 50.6 Å². The molecule has 43 heavy (non-hydrogen) atoms. The number of halogens is 2. The Labute approximate surface area is 264 Å². The Kier molecular flexibility index (Phi) is 12.6. The molecule has 3 aromatic heterocycles. The molecule has 1 unspecified atom stereocenters. The molecule has 2 N–H and O–H groups in total. The molecule has 0 aromatic carbocycles. The van der Waals surface area contributed by atoms with E-state index in [2.05, 4.69) is 45.5 Å². The molecule has 0 radical (unpaired) electrons. The van der Waals surface area contributed by atoms with Gasteiger partial charge in [-0.15, -0.1) is 23.2 Å². The van der Waals surface area contributed by atoms with Gasteiger partial charge in [0, 0.05) is 56.5 Å². The summed E-state index contributed by atoms with van der Waals surface area (Å²) in [5.74, 6) is -0.0145. The Morgan fingerprint density at radius 1 is 1.14 bits per heavy atom. The monoisotopic (exact) mass is 651 g/mol. The van der Waals surface area contributed by atoms with Gasteiger partial charge in [-0.25, -0.2) is 9.67 Å². The standard InChI is InChI=1S/C29H43Cl2N7O4Si/c1-8-37-23(12-13-33-37)29(40)34-22(10-9-11-25(30)31)28(39)35-26-16-24(41-4)21(17-32-26)27-19(2)36-38(20(27)3)18-42-14-15-43(5,6)7/h12-13,16-17,22,25H,8-11,14-15,18H2,1-7H3,(H,34,40)(H,32,35,39). The molecule has 0 aliphatic rings. The maximum atomic E-state index is 13.4. The minimum absolute atomic E-state index is 0.286. The number of hydrogen-bond acceptors (Lipinski definition) is 7. The van der Waals surface area contributed by atoms with Crippen molar-refractivity contribution in [2.45, 2.75) is 89.9 Å². The highest BCUT2D eigenvalue weighted by atomic mass is 35.5. The van der Waals surface area contributed by atoms with Gasteiger partial charge >= 0.3 is 0 Å². The molecule has 3 heterocycles. The number of aryl methyl sites for hydroxylation is 2. The Balaban J connectivity index is 1.77. The third-order valence-corrected chi connectivity index (χ3v) is 9.12. The highest BCUT2D eigenvalue weighted by Gasteiger charge is 2.25. The number of carbonyl (C=O) groups is 2. The summed E-state index contributed by atoms with van der Waals surface area (Å²) < 4.78 is 15.0. The van der Waals surface area contributed by atoms with Crippen LogP contribution >= 0.6 is 23.2 Å². The fourth-order valence-electron chi connectivity index (χ4n) is 4.57. The van der Waals surface area contributed by atoms with Crippen molar-refractivity contribution >= 4 is 48.9 Å². The van der Waals surface area contributed by atoms with Crippen molar-refractivity contribution in [1.29, 1.82) is 0 Å². The second kappa shape index (κ2) is 15.7. The molecule has 0 aliphatic carbocycles. The number of pyridine rings is 1. The van der Waals surface area contributed by atoms with Gasteiger partial charge in [-0.05, 0) is 52.1 Å². The topological polar surface area (TPSA) is 125 Å². The number of ether oxygens (including phenoxy) is 2. The first-order valence-electron chi connectivity index (χ1n) is 14.4. The summed E-state index contributed by atoms with van der Waals surface area (Å²) >= 11 is 11.8. The van der Waals surface area contributed by atoms with Crippen molar-refractivity contribution in [2.75, 3.05) is 19.0 Å². The lowest BCUT2D eigenvalue weighted by Crippen LogP contribution is -2.44. The first-order chi connectivity index (χ1) is 20.3. The highest BCUT2D eigenvalue weighted by molar-refractivity contribution is 6.76. The Morgan fingerprint density at radius 3 is 2.53 bits per heavy atom. The van der Waals surface area contributed by atoms with E-state index in [-0.39, 0.29) is 5.82 Å². The maximum absolute atomic E-state index is 13.4. The summed E-state index contributed by atoms with van der Waals surface area (Å²) in [6, 6.07) is 3.50. The molecule has 0 fully saturated rings. The van der Waals surface area contributed by atoms with Gasteiger partial charge in [0.1, 0.15) is 34.9 Å². The van der Waals surface area contributed by atoms with Crippen molar-refractivity contribution in [3.8, 4) is 16.9 Å². The number of alkyl halides is 2. The largest absolute Gasteiger partial charge is 0.496 e. The third-order valence-electron chi connectivity index (χ3n) is 6.98. The van der Waals surface area contributed by atoms with Gasteiger partial charge in [0.25, 0.3) is 5.91 Å². The van der Waals surface area contributed by atoms with E-state index in [1.54, 1.807) is 36.3 Å². The van der Waals surface area contributed by atoms with Crippen LogP contribution in [0.2, 0.25) is 25.7 Å². The maximum Gasteiger partial charge on any atom is 0.270 e. The van der Waals surface area contributed by atoms with Crippen LogP contribution in [0.25, 0.3) is 11.1 Å². The lowest BCUT2D eigenvalue weighted by Gasteiger charge is -2.19. The number of hydrogen-bond donors (Lipinski definition) is 2. The number of nitrogens with zero attached hydrogens (tertiary/aromatic N) is 5. The Bertz CT molecular complexity index is 1390. The first kappa shape index (κ1) is 34.6. The number of nitrogens with one attached hydrogen (secondary N) is 2. The molecule has 0 saturated heterocycles. The predicted octanol–water partition coefficient (Wildman–Crippen LogP) is 5.81. The first-order valence-corrected chi connectivity index (χ1v) is 19.0. The van der Waals surface area contributed by atoms with E-state index in [1.807, 2.05) is 25.5 Å². The van der Waals surface area contributed by atoms with Crippen molar-refractivity contribution in [1.82, 2.24) is 29.9 Å². The van der Waals surface area contributed by atoms with Gasteiger partial charge in [0.2, 0.25) is 5.91 Å². The Hall–Kier alpha value is -2.93. The number of rotatable bonds is 16. The fourth-order valence-corrected chi connectivity index (χ4v) is 5.64. The summed E-state index contributed by atoms with van der Waals surface area (Å²) in [4.78, 5) is 30.3. The number of methoxy groups -OCH3 is 1. The number of aromatic nitrogens is 5. The van der Waals surface area contributed by atoms with E-state index < -0.39 is 30.8 Å². The fraction of sp³-hybridized carbons (Fsp3) is 0.552. The smallest absolute Gasteiger partial charge is 0.270 e. The number of carbonyl (C=O) groups excluding carboxylic acids is 2. The highest BCUT2D eigenvalue weighted by Crippen LogP contribution is 2.35. The van der Waals surface area contributed by atoms with Gasteiger partial charge in [-0.1, -0.05) is 19.6 Å². The molecule has 0 saturated carbocycles. The van der Waals surface area contributed by atoms with Crippen LogP contribution < -0.4 is 15.4 Å². The van der Waals surface area contributed by atoms with Crippen LogP contribution in [0, 0.1) is 13.8 Å². The lowest BCUT2D eigenvalue weighted by molar-refractivity contribution is -0.118. The molecule has 0 spiro atoms. The van der Waals surface area contributed by atoms with Crippen molar-refractivity contribution in [3.63, 3.8) is 0 Å². The van der Waals surface area contributed by atoms with Crippen LogP contribution in [0.4, 0.5) is 5.82 Å². The van der Waals surface area contributed by atoms with E-state index in [9.17, 15) is 9.59 Å². The van der Waals surface area contributed by atoms with E-state index in [0.717, 1.165) is 28.6 Å². The third kappa shape index (κ3) is 9.78. The average molecular weight is 653 g/mol.